The Hall–Kier alpha value is -2.04. The van der Waals surface area contributed by atoms with Crippen LogP contribution in [0.2, 0.25) is 0 Å². The lowest BCUT2D eigenvalue weighted by atomic mass is 9.68. The molecule has 7 unspecified atom stereocenters. The first-order valence-electron chi connectivity index (χ1n) is 12.8. The molecule has 196 valence electrons. The van der Waals surface area contributed by atoms with Gasteiger partial charge in [0.1, 0.15) is 6.29 Å². The van der Waals surface area contributed by atoms with Gasteiger partial charge in [-0.2, -0.15) is 0 Å². The van der Waals surface area contributed by atoms with Crippen LogP contribution in [0.15, 0.2) is 0 Å². The van der Waals surface area contributed by atoms with Gasteiger partial charge in [0.25, 0.3) is 0 Å². The Morgan fingerprint density at radius 3 is 1.37 bits per heavy atom. The summed E-state index contributed by atoms with van der Waals surface area (Å²) in [4.78, 5) is 50.5. The van der Waals surface area contributed by atoms with Gasteiger partial charge in [-0.15, -0.1) is 0 Å². The molecule has 7 atom stereocenters. The van der Waals surface area contributed by atoms with E-state index in [2.05, 4.69) is 0 Å². The lowest BCUT2D eigenvalue weighted by molar-refractivity contribution is -0.170. The molecule has 0 aromatic heterocycles. The van der Waals surface area contributed by atoms with Crippen LogP contribution in [0.1, 0.15) is 51.4 Å². The molecule has 3 heterocycles. The summed E-state index contributed by atoms with van der Waals surface area (Å²) >= 11 is 0. The first-order valence-corrected chi connectivity index (χ1v) is 12.8. The molecule has 0 N–H and O–H groups in total. The van der Waals surface area contributed by atoms with Crippen LogP contribution in [0.5, 0.6) is 0 Å². The highest BCUT2D eigenvalue weighted by Crippen LogP contribution is 2.39. The van der Waals surface area contributed by atoms with Gasteiger partial charge < -0.3 is 33.2 Å². The Balaban J connectivity index is 1.32. The molecule has 4 aliphatic rings. The van der Waals surface area contributed by atoms with Crippen LogP contribution in [0.25, 0.3) is 0 Å². The maximum atomic E-state index is 13.0. The van der Waals surface area contributed by atoms with Crippen LogP contribution < -0.4 is 0 Å². The van der Waals surface area contributed by atoms with Gasteiger partial charge in [-0.3, -0.25) is 14.4 Å². The smallest absolute Gasteiger partial charge is 0.309 e. The molecule has 1 aliphatic carbocycles. The normalized spacial score (nSPS) is 32.9. The Kier molecular flexibility index (Phi) is 9.51. The van der Waals surface area contributed by atoms with Crippen molar-refractivity contribution in [3.05, 3.63) is 0 Å². The summed E-state index contributed by atoms with van der Waals surface area (Å²) in [6.45, 7) is 2.89. The first kappa shape index (κ1) is 26.0. The zero-order valence-electron chi connectivity index (χ0n) is 20.1. The molecule has 0 aromatic rings. The van der Waals surface area contributed by atoms with Gasteiger partial charge in [-0.1, -0.05) is 0 Å². The molecular weight excluding hydrogens is 460 g/mol. The molecule has 3 saturated heterocycles. The van der Waals surface area contributed by atoms with E-state index in [-0.39, 0.29) is 51.0 Å². The molecule has 0 amide bonds. The molecule has 10 nitrogen and oxygen atoms in total. The number of hydrogen-bond donors (Lipinski definition) is 0. The molecule has 10 heteroatoms. The maximum absolute atomic E-state index is 13.0. The Morgan fingerprint density at radius 1 is 0.629 bits per heavy atom. The van der Waals surface area contributed by atoms with E-state index in [9.17, 15) is 19.2 Å². The zero-order chi connectivity index (χ0) is 24.6. The summed E-state index contributed by atoms with van der Waals surface area (Å²) in [7, 11) is 0. The van der Waals surface area contributed by atoms with Crippen LogP contribution in [0.3, 0.4) is 0 Å². The van der Waals surface area contributed by atoms with Crippen molar-refractivity contribution in [3.63, 3.8) is 0 Å². The number of esters is 3. The van der Waals surface area contributed by atoms with Crippen molar-refractivity contribution in [2.24, 2.45) is 23.7 Å². The monoisotopic (exact) mass is 496 g/mol. The highest BCUT2D eigenvalue weighted by atomic mass is 16.6. The lowest BCUT2D eigenvalue weighted by Gasteiger charge is -2.35. The van der Waals surface area contributed by atoms with Gasteiger partial charge >= 0.3 is 17.9 Å². The molecule has 35 heavy (non-hydrogen) atoms. The van der Waals surface area contributed by atoms with Crippen molar-refractivity contribution >= 4 is 24.2 Å². The molecule has 4 fully saturated rings. The van der Waals surface area contributed by atoms with E-state index >= 15 is 0 Å². The summed E-state index contributed by atoms with van der Waals surface area (Å²) < 4.78 is 31.8. The Bertz CT molecular complexity index is 743. The van der Waals surface area contributed by atoms with E-state index in [0.717, 1.165) is 39.1 Å². The van der Waals surface area contributed by atoms with Crippen molar-refractivity contribution in [1.82, 2.24) is 0 Å². The van der Waals surface area contributed by atoms with E-state index in [1.54, 1.807) is 0 Å². The van der Waals surface area contributed by atoms with Crippen LogP contribution in [0.4, 0.5) is 0 Å². The predicted molar refractivity (Wildman–Crippen MR) is 119 cm³/mol. The van der Waals surface area contributed by atoms with Crippen LogP contribution in [0, 0.1) is 23.7 Å². The van der Waals surface area contributed by atoms with Crippen LogP contribution in [-0.4, -0.2) is 82.1 Å². The fourth-order valence-corrected chi connectivity index (χ4v) is 4.65. The molecule has 0 bridgehead atoms. The van der Waals surface area contributed by atoms with Crippen molar-refractivity contribution < 1.29 is 47.6 Å². The predicted octanol–water partition coefficient (Wildman–Crippen LogP) is 1.61. The number of rotatable bonds is 16. The van der Waals surface area contributed by atoms with Crippen molar-refractivity contribution in [2.45, 2.75) is 69.7 Å². The van der Waals surface area contributed by atoms with Crippen molar-refractivity contribution in [3.8, 4) is 0 Å². The van der Waals surface area contributed by atoms with Crippen LogP contribution in [-0.2, 0) is 47.6 Å². The van der Waals surface area contributed by atoms with Crippen LogP contribution >= 0.6 is 0 Å². The van der Waals surface area contributed by atoms with Crippen molar-refractivity contribution in [2.75, 3.05) is 39.6 Å². The van der Waals surface area contributed by atoms with Gasteiger partial charge in [-0.25, -0.2) is 0 Å². The quantitative estimate of drug-likeness (QED) is 0.102. The van der Waals surface area contributed by atoms with Crippen molar-refractivity contribution in [1.29, 1.82) is 0 Å². The van der Waals surface area contributed by atoms with E-state index in [0.29, 0.717) is 25.5 Å². The maximum Gasteiger partial charge on any atom is 0.309 e. The van der Waals surface area contributed by atoms with Gasteiger partial charge in [0, 0.05) is 5.92 Å². The van der Waals surface area contributed by atoms with E-state index < -0.39 is 41.6 Å². The minimum Gasteiger partial charge on any atom is -0.465 e. The fraction of sp³-hybridized carbons (Fsp3) is 0.840. The highest BCUT2D eigenvalue weighted by molar-refractivity contribution is 5.85. The minimum absolute atomic E-state index is 0.0220. The topological polar surface area (TPSA) is 134 Å². The van der Waals surface area contributed by atoms with E-state index in [1.807, 2.05) is 0 Å². The number of aldehydes is 1. The average Bonchev–Trinajstić information content (AvgIpc) is 3.69. The molecule has 3 aliphatic heterocycles. The van der Waals surface area contributed by atoms with Gasteiger partial charge in [0.05, 0.1) is 75.7 Å². The Labute approximate surface area is 205 Å². The number of carbonyl (C=O) groups is 4. The fourth-order valence-electron chi connectivity index (χ4n) is 4.65. The molecule has 0 radical (unpaired) electrons. The second-order valence-electron chi connectivity index (χ2n) is 9.89. The molecule has 0 spiro atoms. The summed E-state index contributed by atoms with van der Waals surface area (Å²) in [5, 5.41) is 0. The standard InChI is InChI=1S/C25H36O10/c26-12-16-10-21(24(28)31-8-2-5-18-14-34-18)22(25(29)32-9-3-6-19-15-35-19)11-20(16)23(27)30-7-1-4-17-13-33-17/h12,16-22H,1-11,13-15H2. The molecular formula is C25H36O10. The van der Waals surface area contributed by atoms with Gasteiger partial charge in [-0.05, 0) is 51.4 Å². The SMILES string of the molecule is O=CC1CC(C(=O)OCCCC2CO2)C(C(=O)OCCCC2CO2)CC1C(=O)OCCCC1CO1. The van der Waals surface area contributed by atoms with Gasteiger partial charge in [0.2, 0.25) is 0 Å². The number of ether oxygens (including phenoxy) is 6. The van der Waals surface area contributed by atoms with E-state index in [4.69, 9.17) is 28.4 Å². The average molecular weight is 497 g/mol. The second-order valence-corrected chi connectivity index (χ2v) is 9.89. The first-order chi connectivity index (χ1) is 17.0. The summed E-state index contributed by atoms with van der Waals surface area (Å²) in [5.41, 5.74) is 0. The summed E-state index contributed by atoms with van der Waals surface area (Å²) in [5.74, 6) is -4.79. The third-order valence-electron chi connectivity index (χ3n) is 7.07. The molecule has 1 saturated carbocycles. The zero-order valence-corrected chi connectivity index (χ0v) is 20.1. The number of carbonyl (C=O) groups excluding carboxylic acids is 4. The molecule has 4 rings (SSSR count). The number of epoxide rings is 3. The minimum atomic E-state index is -0.861. The summed E-state index contributed by atoms with van der Waals surface area (Å²) in [6, 6.07) is 0. The summed E-state index contributed by atoms with van der Waals surface area (Å²) in [6.07, 6.45) is 5.94. The third-order valence-corrected chi connectivity index (χ3v) is 7.07. The van der Waals surface area contributed by atoms with E-state index in [1.165, 1.54) is 0 Å². The number of hydrogen-bond acceptors (Lipinski definition) is 10. The highest BCUT2D eigenvalue weighted by Gasteiger charge is 2.48. The molecule has 0 aromatic carbocycles. The lowest BCUT2D eigenvalue weighted by Crippen LogP contribution is -2.44. The largest absolute Gasteiger partial charge is 0.465 e. The Morgan fingerprint density at radius 2 is 1.00 bits per heavy atom. The third kappa shape index (κ3) is 8.54. The second kappa shape index (κ2) is 12.8. The van der Waals surface area contributed by atoms with Gasteiger partial charge in [0.15, 0.2) is 0 Å².